The second-order valence-corrected chi connectivity index (χ2v) is 6.29. The number of imidazole rings is 1. The molecule has 1 saturated heterocycles. The zero-order chi connectivity index (χ0) is 15.5. The first kappa shape index (κ1) is 15.7. The quantitative estimate of drug-likeness (QED) is 0.918. The summed E-state index contributed by atoms with van der Waals surface area (Å²) in [6.07, 6.45) is 1.08. The molecule has 5 nitrogen and oxygen atoms in total. The highest BCUT2D eigenvalue weighted by Crippen LogP contribution is 2.23. The summed E-state index contributed by atoms with van der Waals surface area (Å²) in [5.74, 6) is 0.930. The fourth-order valence-corrected chi connectivity index (χ4v) is 3.15. The summed E-state index contributed by atoms with van der Waals surface area (Å²) in [6.45, 7) is 7.72. The Kier molecular flexibility index (Phi) is 4.98. The fraction of sp³-hybridized carbons (Fsp3) is 0.562. The van der Waals surface area contributed by atoms with Gasteiger partial charge in [-0.15, -0.1) is 0 Å². The summed E-state index contributed by atoms with van der Waals surface area (Å²) in [5, 5.41) is 0.710. The summed E-state index contributed by atoms with van der Waals surface area (Å²) in [5.41, 5.74) is 8.12. The topological polar surface area (TPSA) is 56.3 Å². The van der Waals surface area contributed by atoms with E-state index < -0.39 is 0 Å². The maximum absolute atomic E-state index is 6.09. The summed E-state index contributed by atoms with van der Waals surface area (Å²) in [7, 11) is 0. The third-order valence-electron chi connectivity index (χ3n) is 4.11. The fourth-order valence-electron chi connectivity index (χ4n) is 2.98. The minimum Gasteiger partial charge on any atom is -0.379 e. The van der Waals surface area contributed by atoms with E-state index in [0.717, 1.165) is 62.7 Å². The van der Waals surface area contributed by atoms with Gasteiger partial charge in [-0.3, -0.25) is 4.90 Å². The molecule has 2 aromatic rings. The number of halogens is 1. The first-order valence-corrected chi connectivity index (χ1v) is 8.24. The van der Waals surface area contributed by atoms with E-state index in [2.05, 4.69) is 14.5 Å². The second-order valence-electron chi connectivity index (χ2n) is 5.85. The van der Waals surface area contributed by atoms with E-state index in [4.69, 9.17) is 22.1 Å². The lowest BCUT2D eigenvalue weighted by Crippen LogP contribution is -2.37. The lowest BCUT2D eigenvalue weighted by atomic mass is 10.3. The Labute approximate surface area is 136 Å². The second kappa shape index (κ2) is 6.96. The van der Waals surface area contributed by atoms with Crippen LogP contribution in [0.15, 0.2) is 18.2 Å². The van der Waals surface area contributed by atoms with Crippen molar-refractivity contribution in [1.82, 2.24) is 14.5 Å². The molecule has 0 aliphatic carbocycles. The predicted octanol–water partition coefficient (Wildman–Crippen LogP) is 2.43. The SMILES string of the molecule is CC(N)c1nc2cc(Cl)ccc2n1CCCN1CCOCC1. The van der Waals surface area contributed by atoms with Gasteiger partial charge in [0.15, 0.2) is 0 Å². The van der Waals surface area contributed by atoms with Crippen molar-refractivity contribution in [2.45, 2.75) is 25.9 Å². The molecule has 0 spiro atoms. The zero-order valence-corrected chi connectivity index (χ0v) is 13.7. The Hall–Kier alpha value is -1.14. The average molecular weight is 323 g/mol. The Balaban J connectivity index is 1.74. The van der Waals surface area contributed by atoms with Crippen LogP contribution in [0.25, 0.3) is 11.0 Å². The third kappa shape index (κ3) is 3.43. The van der Waals surface area contributed by atoms with Crippen molar-refractivity contribution in [3.8, 4) is 0 Å². The molecule has 1 fully saturated rings. The van der Waals surface area contributed by atoms with Crippen LogP contribution >= 0.6 is 11.6 Å². The van der Waals surface area contributed by atoms with E-state index >= 15 is 0 Å². The molecule has 2 N–H and O–H groups in total. The van der Waals surface area contributed by atoms with Crippen LogP contribution in [0.2, 0.25) is 5.02 Å². The van der Waals surface area contributed by atoms with Crippen molar-refractivity contribution in [1.29, 1.82) is 0 Å². The molecule has 0 saturated carbocycles. The molecule has 1 aromatic carbocycles. The smallest absolute Gasteiger partial charge is 0.126 e. The van der Waals surface area contributed by atoms with Gasteiger partial charge in [-0.2, -0.15) is 0 Å². The highest BCUT2D eigenvalue weighted by Gasteiger charge is 2.15. The molecule has 6 heteroatoms. The number of benzene rings is 1. The normalized spacial score (nSPS) is 18.0. The van der Waals surface area contributed by atoms with Gasteiger partial charge in [0.1, 0.15) is 5.82 Å². The van der Waals surface area contributed by atoms with E-state index in [1.54, 1.807) is 0 Å². The molecular weight excluding hydrogens is 300 g/mol. The van der Waals surface area contributed by atoms with Crippen LogP contribution < -0.4 is 5.73 Å². The van der Waals surface area contributed by atoms with Crippen LogP contribution in [-0.2, 0) is 11.3 Å². The van der Waals surface area contributed by atoms with Gasteiger partial charge in [0, 0.05) is 31.2 Å². The van der Waals surface area contributed by atoms with Crippen molar-refractivity contribution < 1.29 is 4.74 Å². The number of fused-ring (bicyclic) bond motifs is 1. The Morgan fingerprint density at radius 1 is 1.32 bits per heavy atom. The summed E-state index contributed by atoms with van der Waals surface area (Å²) in [4.78, 5) is 7.11. The Bertz CT molecular complexity index is 634. The molecule has 3 rings (SSSR count). The lowest BCUT2D eigenvalue weighted by Gasteiger charge is -2.26. The molecule has 0 radical (unpaired) electrons. The molecule has 120 valence electrons. The van der Waals surface area contributed by atoms with Crippen LogP contribution in [-0.4, -0.2) is 47.3 Å². The number of morpholine rings is 1. The van der Waals surface area contributed by atoms with Crippen LogP contribution in [0.3, 0.4) is 0 Å². The number of ether oxygens (including phenoxy) is 1. The van der Waals surface area contributed by atoms with Crippen molar-refractivity contribution >= 4 is 22.6 Å². The minimum absolute atomic E-state index is 0.0884. The Morgan fingerprint density at radius 2 is 2.09 bits per heavy atom. The van der Waals surface area contributed by atoms with Gasteiger partial charge in [-0.05, 0) is 31.5 Å². The van der Waals surface area contributed by atoms with E-state index in [-0.39, 0.29) is 6.04 Å². The van der Waals surface area contributed by atoms with Gasteiger partial charge in [0.05, 0.1) is 30.3 Å². The number of nitrogens with zero attached hydrogens (tertiary/aromatic N) is 3. The molecule has 0 amide bonds. The number of rotatable bonds is 5. The summed E-state index contributed by atoms with van der Waals surface area (Å²) >= 11 is 6.07. The summed E-state index contributed by atoms with van der Waals surface area (Å²) < 4.78 is 7.62. The predicted molar refractivity (Wildman–Crippen MR) is 89.2 cm³/mol. The zero-order valence-electron chi connectivity index (χ0n) is 13.0. The van der Waals surface area contributed by atoms with E-state index in [9.17, 15) is 0 Å². The van der Waals surface area contributed by atoms with Crippen LogP contribution in [0.4, 0.5) is 0 Å². The molecule has 1 aliphatic rings. The molecule has 1 atom stereocenters. The van der Waals surface area contributed by atoms with Crippen LogP contribution in [0, 0.1) is 0 Å². The van der Waals surface area contributed by atoms with Gasteiger partial charge in [-0.1, -0.05) is 11.6 Å². The van der Waals surface area contributed by atoms with Gasteiger partial charge < -0.3 is 15.0 Å². The van der Waals surface area contributed by atoms with Crippen molar-refractivity contribution in [3.63, 3.8) is 0 Å². The maximum atomic E-state index is 6.09. The summed E-state index contributed by atoms with van der Waals surface area (Å²) in [6, 6.07) is 5.76. The number of aryl methyl sites for hydroxylation is 1. The van der Waals surface area contributed by atoms with Gasteiger partial charge in [0.2, 0.25) is 0 Å². The number of aromatic nitrogens is 2. The van der Waals surface area contributed by atoms with E-state index in [1.807, 2.05) is 25.1 Å². The molecular formula is C16H23ClN4O. The molecule has 1 unspecified atom stereocenters. The average Bonchev–Trinajstić information content (AvgIpc) is 2.86. The largest absolute Gasteiger partial charge is 0.379 e. The molecule has 2 heterocycles. The third-order valence-corrected chi connectivity index (χ3v) is 4.34. The van der Waals surface area contributed by atoms with E-state index in [1.165, 1.54) is 0 Å². The van der Waals surface area contributed by atoms with Crippen molar-refractivity contribution in [2.75, 3.05) is 32.8 Å². The molecule has 0 bridgehead atoms. The van der Waals surface area contributed by atoms with Crippen molar-refractivity contribution in [3.05, 3.63) is 29.0 Å². The highest BCUT2D eigenvalue weighted by molar-refractivity contribution is 6.31. The highest BCUT2D eigenvalue weighted by atomic mass is 35.5. The van der Waals surface area contributed by atoms with Crippen LogP contribution in [0.5, 0.6) is 0 Å². The van der Waals surface area contributed by atoms with Crippen molar-refractivity contribution in [2.24, 2.45) is 5.73 Å². The van der Waals surface area contributed by atoms with Gasteiger partial charge in [-0.25, -0.2) is 4.98 Å². The van der Waals surface area contributed by atoms with Crippen LogP contribution in [0.1, 0.15) is 25.2 Å². The number of nitrogens with two attached hydrogens (primary N) is 1. The monoisotopic (exact) mass is 322 g/mol. The van der Waals surface area contributed by atoms with Gasteiger partial charge in [0.25, 0.3) is 0 Å². The van der Waals surface area contributed by atoms with Gasteiger partial charge >= 0.3 is 0 Å². The standard InChI is InChI=1S/C16H23ClN4O/c1-12(18)16-19-14-11-13(17)3-4-15(14)21(16)6-2-5-20-7-9-22-10-8-20/h3-4,11-12H,2,5-10,18H2,1H3. The van der Waals surface area contributed by atoms with E-state index in [0.29, 0.717) is 5.02 Å². The minimum atomic E-state index is -0.0884. The molecule has 22 heavy (non-hydrogen) atoms. The first-order chi connectivity index (χ1) is 10.6. The first-order valence-electron chi connectivity index (χ1n) is 7.86. The number of hydrogen-bond donors (Lipinski definition) is 1. The number of hydrogen-bond acceptors (Lipinski definition) is 4. The Morgan fingerprint density at radius 3 is 2.82 bits per heavy atom. The molecule has 1 aromatic heterocycles. The molecule has 1 aliphatic heterocycles. The maximum Gasteiger partial charge on any atom is 0.126 e. The lowest BCUT2D eigenvalue weighted by molar-refractivity contribution is 0.0369.